The van der Waals surface area contributed by atoms with Crippen LogP contribution in [0.4, 0.5) is 5.69 Å². The Kier molecular flexibility index (Phi) is 7.03. The van der Waals surface area contributed by atoms with Gasteiger partial charge in [-0.15, -0.1) is 0 Å². The van der Waals surface area contributed by atoms with E-state index in [1.807, 2.05) is 38.4 Å². The summed E-state index contributed by atoms with van der Waals surface area (Å²) in [6.45, 7) is 6.80. The van der Waals surface area contributed by atoms with Gasteiger partial charge in [-0.1, -0.05) is 63.2 Å². The molecule has 2 rings (SSSR count). The Bertz CT molecular complexity index is 696. The lowest BCUT2D eigenvalue weighted by Crippen LogP contribution is -2.45. The van der Waals surface area contributed by atoms with Crippen molar-refractivity contribution in [2.75, 3.05) is 25.2 Å². The van der Waals surface area contributed by atoms with Crippen LogP contribution in [0.25, 0.3) is 11.1 Å². The van der Waals surface area contributed by atoms with E-state index in [4.69, 9.17) is 0 Å². The predicted octanol–water partition coefficient (Wildman–Crippen LogP) is 5.20. The average Bonchev–Trinajstić information content (AvgIpc) is 2.69. The molecule has 0 saturated heterocycles. The number of amides is 1. The second-order valence-corrected chi connectivity index (χ2v) is 12.7. The van der Waals surface area contributed by atoms with Crippen molar-refractivity contribution in [1.82, 2.24) is 5.32 Å². The lowest BCUT2D eigenvalue weighted by atomic mass is 10.0. The van der Waals surface area contributed by atoms with E-state index in [0.717, 1.165) is 22.9 Å². The van der Waals surface area contributed by atoms with Gasteiger partial charge in [-0.05, 0) is 35.4 Å². The molecule has 4 heteroatoms. The van der Waals surface area contributed by atoms with Crippen molar-refractivity contribution < 1.29 is 4.79 Å². The van der Waals surface area contributed by atoms with E-state index in [1.54, 1.807) is 0 Å². The van der Waals surface area contributed by atoms with Crippen LogP contribution in [0.3, 0.4) is 0 Å². The van der Waals surface area contributed by atoms with Crippen LogP contribution in [0.15, 0.2) is 48.5 Å². The molecule has 2 aromatic rings. The van der Waals surface area contributed by atoms with E-state index >= 15 is 0 Å². The third-order valence-corrected chi connectivity index (χ3v) is 11.2. The summed E-state index contributed by atoms with van der Waals surface area (Å²) in [5, 5.41) is 3.19. The summed E-state index contributed by atoms with van der Waals surface area (Å²) in [4.78, 5) is 14.6. The largest absolute Gasteiger partial charge is 0.378 e. The molecule has 0 aliphatic rings. The normalized spacial score (nSPS) is 11.3. The molecule has 0 bridgehead atoms. The van der Waals surface area contributed by atoms with E-state index in [2.05, 4.69) is 55.3 Å². The SMILES string of the molecule is CC[Si](CC)(CC)CNC(=O)c1ccc(-c2ccc(N(C)C)cc2)cc1. The highest BCUT2D eigenvalue weighted by Crippen LogP contribution is 2.23. The molecule has 0 aliphatic heterocycles. The first-order chi connectivity index (χ1) is 12.4. The molecular formula is C22H32N2OSi. The number of hydrogen-bond acceptors (Lipinski definition) is 2. The first-order valence-corrected chi connectivity index (χ1v) is 12.4. The fraction of sp³-hybridized carbons (Fsp3) is 0.409. The highest BCUT2D eigenvalue weighted by molar-refractivity contribution is 6.80. The highest BCUT2D eigenvalue weighted by atomic mass is 28.3. The van der Waals surface area contributed by atoms with Gasteiger partial charge in [0.2, 0.25) is 0 Å². The lowest BCUT2D eigenvalue weighted by Gasteiger charge is -2.28. The van der Waals surface area contributed by atoms with Crippen LogP contribution in [0.5, 0.6) is 0 Å². The summed E-state index contributed by atoms with van der Waals surface area (Å²) < 4.78 is 0. The Hall–Kier alpha value is -2.07. The number of rotatable bonds is 8. The van der Waals surface area contributed by atoms with Gasteiger partial charge in [-0.3, -0.25) is 4.79 Å². The van der Waals surface area contributed by atoms with Gasteiger partial charge in [-0.2, -0.15) is 0 Å². The topological polar surface area (TPSA) is 32.3 Å². The molecular weight excluding hydrogens is 336 g/mol. The van der Waals surface area contributed by atoms with E-state index in [0.29, 0.717) is 0 Å². The minimum atomic E-state index is -1.33. The molecule has 0 heterocycles. The van der Waals surface area contributed by atoms with Crippen molar-refractivity contribution in [2.45, 2.75) is 38.9 Å². The molecule has 3 nitrogen and oxygen atoms in total. The van der Waals surface area contributed by atoms with Crippen molar-refractivity contribution in [3.05, 3.63) is 54.1 Å². The summed E-state index contributed by atoms with van der Waals surface area (Å²) >= 11 is 0. The molecule has 1 N–H and O–H groups in total. The molecule has 0 spiro atoms. The Morgan fingerprint density at radius 3 is 1.73 bits per heavy atom. The van der Waals surface area contributed by atoms with Gasteiger partial charge in [0.1, 0.15) is 0 Å². The van der Waals surface area contributed by atoms with Crippen LogP contribution < -0.4 is 10.2 Å². The average molecular weight is 369 g/mol. The summed E-state index contributed by atoms with van der Waals surface area (Å²) in [5.74, 6) is 0.0479. The minimum Gasteiger partial charge on any atom is -0.378 e. The number of carbonyl (C=O) groups excluding carboxylic acids is 1. The van der Waals surface area contributed by atoms with Crippen LogP contribution in [-0.2, 0) is 0 Å². The zero-order chi connectivity index (χ0) is 19.2. The van der Waals surface area contributed by atoms with Crippen LogP contribution in [-0.4, -0.2) is 34.2 Å². The number of nitrogens with one attached hydrogen (secondary N) is 1. The summed E-state index contributed by atoms with van der Waals surface area (Å²) in [5.41, 5.74) is 4.22. The number of anilines is 1. The fourth-order valence-electron chi connectivity index (χ4n) is 3.26. The third kappa shape index (κ3) is 4.76. The Balaban J connectivity index is 2.05. The molecule has 0 aliphatic carbocycles. The number of benzene rings is 2. The number of hydrogen-bond donors (Lipinski definition) is 1. The van der Waals surface area contributed by atoms with Gasteiger partial charge in [0.25, 0.3) is 5.91 Å². The molecule has 0 fully saturated rings. The molecule has 0 aromatic heterocycles. The van der Waals surface area contributed by atoms with Gasteiger partial charge >= 0.3 is 0 Å². The monoisotopic (exact) mass is 368 g/mol. The first-order valence-electron chi connectivity index (χ1n) is 9.60. The molecule has 1 amide bonds. The molecule has 26 heavy (non-hydrogen) atoms. The van der Waals surface area contributed by atoms with Gasteiger partial charge in [0, 0.05) is 31.5 Å². The maximum Gasteiger partial charge on any atom is 0.251 e. The fourth-order valence-corrected chi connectivity index (χ4v) is 6.05. The molecule has 0 unspecified atom stereocenters. The quantitative estimate of drug-likeness (QED) is 0.650. The zero-order valence-electron chi connectivity index (χ0n) is 16.8. The summed E-state index contributed by atoms with van der Waals surface area (Å²) in [6, 6.07) is 20.1. The third-order valence-electron chi connectivity index (χ3n) is 5.74. The van der Waals surface area contributed by atoms with E-state index in [1.165, 1.54) is 23.8 Å². The second-order valence-electron chi connectivity index (χ2n) is 7.26. The van der Waals surface area contributed by atoms with Crippen molar-refractivity contribution in [2.24, 2.45) is 0 Å². The number of nitrogens with zero attached hydrogens (tertiary/aromatic N) is 1. The van der Waals surface area contributed by atoms with Crippen LogP contribution >= 0.6 is 0 Å². The standard InChI is InChI=1S/C22H32N2OSi/c1-6-26(7-2,8-3)17-23-22(25)20-11-9-18(10-12-20)19-13-15-21(16-14-19)24(4)5/h9-16H,6-8,17H2,1-5H3,(H,23,25). The van der Waals surface area contributed by atoms with Gasteiger partial charge in [0.05, 0.1) is 8.07 Å². The highest BCUT2D eigenvalue weighted by Gasteiger charge is 2.27. The molecule has 0 radical (unpaired) electrons. The molecule has 0 saturated carbocycles. The Morgan fingerprint density at radius 1 is 0.846 bits per heavy atom. The van der Waals surface area contributed by atoms with Crippen LogP contribution in [0.1, 0.15) is 31.1 Å². The summed E-state index contributed by atoms with van der Waals surface area (Å²) in [7, 11) is 2.75. The Labute approximate surface area is 159 Å². The minimum absolute atomic E-state index is 0.0479. The van der Waals surface area contributed by atoms with Crippen molar-refractivity contribution in [3.8, 4) is 11.1 Å². The first kappa shape index (κ1) is 20.2. The van der Waals surface area contributed by atoms with Gasteiger partial charge in [-0.25, -0.2) is 0 Å². The Morgan fingerprint density at radius 2 is 1.31 bits per heavy atom. The van der Waals surface area contributed by atoms with E-state index in [-0.39, 0.29) is 5.91 Å². The van der Waals surface area contributed by atoms with Gasteiger partial charge in [0.15, 0.2) is 0 Å². The molecule has 2 aromatic carbocycles. The van der Waals surface area contributed by atoms with Gasteiger partial charge < -0.3 is 10.2 Å². The molecule has 0 atom stereocenters. The zero-order valence-corrected chi connectivity index (χ0v) is 17.8. The predicted molar refractivity (Wildman–Crippen MR) is 116 cm³/mol. The van der Waals surface area contributed by atoms with Crippen molar-refractivity contribution in [1.29, 1.82) is 0 Å². The maximum absolute atomic E-state index is 12.5. The van der Waals surface area contributed by atoms with E-state index < -0.39 is 8.07 Å². The smallest absolute Gasteiger partial charge is 0.251 e. The van der Waals surface area contributed by atoms with Crippen LogP contribution in [0.2, 0.25) is 18.1 Å². The molecule has 140 valence electrons. The van der Waals surface area contributed by atoms with E-state index in [9.17, 15) is 4.79 Å². The summed E-state index contributed by atoms with van der Waals surface area (Å²) in [6.07, 6.45) is 0.878. The van der Waals surface area contributed by atoms with Crippen molar-refractivity contribution >= 4 is 19.7 Å². The van der Waals surface area contributed by atoms with Crippen molar-refractivity contribution in [3.63, 3.8) is 0 Å². The van der Waals surface area contributed by atoms with Crippen LogP contribution in [0, 0.1) is 0 Å². The maximum atomic E-state index is 12.5. The second kappa shape index (κ2) is 9.04. The number of carbonyl (C=O) groups is 1. The lowest BCUT2D eigenvalue weighted by molar-refractivity contribution is 0.0959.